The van der Waals surface area contributed by atoms with Crippen LogP contribution in [0.1, 0.15) is 11.1 Å². The molecule has 5 heteroatoms. The van der Waals surface area contributed by atoms with E-state index in [1.54, 1.807) is 6.07 Å². The van der Waals surface area contributed by atoms with Gasteiger partial charge in [0.2, 0.25) is 0 Å². The molecule has 19 heavy (non-hydrogen) atoms. The number of hydrogen-bond donors (Lipinski definition) is 3. The fourth-order valence-corrected chi connectivity index (χ4v) is 2.02. The summed E-state index contributed by atoms with van der Waals surface area (Å²) in [5.41, 5.74) is 8.71. The molecule has 0 unspecified atom stereocenters. The van der Waals surface area contributed by atoms with Gasteiger partial charge in [0.15, 0.2) is 0 Å². The molecule has 2 aromatic rings. The van der Waals surface area contributed by atoms with E-state index in [9.17, 15) is 4.39 Å². The zero-order valence-corrected chi connectivity index (χ0v) is 11.7. The van der Waals surface area contributed by atoms with Gasteiger partial charge in [-0.15, -0.1) is 0 Å². The van der Waals surface area contributed by atoms with Crippen LogP contribution in [0.4, 0.5) is 15.8 Å². The maximum absolute atomic E-state index is 13.2. The van der Waals surface area contributed by atoms with Gasteiger partial charge < -0.3 is 16.2 Å². The maximum atomic E-state index is 13.2. The third kappa shape index (κ3) is 3.45. The lowest BCUT2D eigenvalue weighted by Gasteiger charge is -2.10. The van der Waals surface area contributed by atoms with Crippen molar-refractivity contribution in [2.24, 2.45) is 0 Å². The summed E-state index contributed by atoms with van der Waals surface area (Å²) in [5, 5.41) is 12.1. The third-order valence-electron chi connectivity index (χ3n) is 2.78. The first kappa shape index (κ1) is 13.8. The number of rotatable bonds is 4. The lowest BCUT2D eigenvalue weighted by molar-refractivity contribution is 0.282. The summed E-state index contributed by atoms with van der Waals surface area (Å²) in [6.45, 7) is 0.611. The van der Waals surface area contributed by atoms with Gasteiger partial charge in [0.1, 0.15) is 5.82 Å². The summed E-state index contributed by atoms with van der Waals surface area (Å²) in [4.78, 5) is 0. The van der Waals surface area contributed by atoms with Crippen molar-refractivity contribution >= 4 is 27.3 Å². The standard InChI is InChI=1S/C14H14BrFN2O/c15-11-5-14(13(17)6-12(11)16)18-7-9-1-3-10(8-19)4-2-9/h1-6,18-19H,7-8,17H2. The van der Waals surface area contributed by atoms with Crippen molar-refractivity contribution in [3.05, 3.63) is 57.8 Å². The van der Waals surface area contributed by atoms with Gasteiger partial charge in [-0.1, -0.05) is 24.3 Å². The van der Waals surface area contributed by atoms with Gasteiger partial charge in [-0.3, -0.25) is 0 Å². The van der Waals surface area contributed by atoms with Gasteiger partial charge in [0.05, 0.1) is 22.5 Å². The van der Waals surface area contributed by atoms with Crippen LogP contribution in [0.15, 0.2) is 40.9 Å². The van der Waals surface area contributed by atoms with Crippen LogP contribution in [0.5, 0.6) is 0 Å². The molecule has 2 rings (SSSR count). The zero-order chi connectivity index (χ0) is 13.8. The smallest absolute Gasteiger partial charge is 0.139 e. The van der Waals surface area contributed by atoms with E-state index in [2.05, 4.69) is 21.2 Å². The molecular formula is C14H14BrFN2O. The average molecular weight is 325 g/mol. The second kappa shape index (κ2) is 6.04. The molecule has 0 heterocycles. The van der Waals surface area contributed by atoms with Crippen LogP contribution in [0.2, 0.25) is 0 Å². The minimum Gasteiger partial charge on any atom is -0.397 e. The summed E-state index contributed by atoms with van der Waals surface area (Å²) in [6, 6.07) is 10.5. The summed E-state index contributed by atoms with van der Waals surface area (Å²) in [6.07, 6.45) is 0. The highest BCUT2D eigenvalue weighted by molar-refractivity contribution is 9.10. The number of aliphatic hydroxyl groups excluding tert-OH is 1. The molecule has 0 bridgehead atoms. The molecule has 0 spiro atoms. The predicted molar refractivity (Wildman–Crippen MR) is 78.2 cm³/mol. The van der Waals surface area contributed by atoms with Gasteiger partial charge in [-0.2, -0.15) is 0 Å². The Bertz CT molecular complexity index is 572. The first-order valence-corrected chi connectivity index (χ1v) is 6.56. The molecular weight excluding hydrogens is 311 g/mol. The molecule has 0 fully saturated rings. The lowest BCUT2D eigenvalue weighted by atomic mass is 10.1. The molecule has 0 aliphatic heterocycles. The van der Waals surface area contributed by atoms with Crippen LogP contribution in [-0.2, 0) is 13.2 Å². The average Bonchev–Trinajstić information content (AvgIpc) is 2.42. The van der Waals surface area contributed by atoms with Crippen LogP contribution in [0.3, 0.4) is 0 Å². The van der Waals surface area contributed by atoms with Crippen LogP contribution >= 0.6 is 15.9 Å². The molecule has 0 radical (unpaired) electrons. The molecule has 100 valence electrons. The summed E-state index contributed by atoms with van der Waals surface area (Å²) < 4.78 is 13.6. The van der Waals surface area contributed by atoms with Crippen molar-refractivity contribution in [3.63, 3.8) is 0 Å². The molecule has 0 saturated heterocycles. The Labute approximate surface area is 119 Å². The SMILES string of the molecule is Nc1cc(F)c(Br)cc1NCc1ccc(CO)cc1. The van der Waals surface area contributed by atoms with Crippen LogP contribution < -0.4 is 11.1 Å². The minimum atomic E-state index is -0.379. The molecule has 0 aromatic heterocycles. The number of halogens is 2. The molecule has 0 amide bonds. The number of anilines is 2. The number of nitrogens with one attached hydrogen (secondary N) is 1. The second-order valence-corrected chi connectivity index (χ2v) is 5.04. The molecule has 0 aliphatic carbocycles. The fraction of sp³-hybridized carbons (Fsp3) is 0.143. The Kier molecular flexibility index (Phi) is 4.39. The fourth-order valence-electron chi connectivity index (χ4n) is 1.68. The van der Waals surface area contributed by atoms with Crippen molar-refractivity contribution in [1.82, 2.24) is 0 Å². The Morgan fingerprint density at radius 1 is 1.16 bits per heavy atom. The molecule has 0 aliphatic rings. The first-order chi connectivity index (χ1) is 9.10. The highest BCUT2D eigenvalue weighted by atomic mass is 79.9. The highest BCUT2D eigenvalue weighted by Gasteiger charge is 2.05. The van der Waals surface area contributed by atoms with E-state index in [1.807, 2.05) is 24.3 Å². The van der Waals surface area contributed by atoms with E-state index in [0.717, 1.165) is 11.1 Å². The van der Waals surface area contributed by atoms with E-state index in [0.29, 0.717) is 22.4 Å². The number of hydrogen-bond acceptors (Lipinski definition) is 3. The van der Waals surface area contributed by atoms with Crippen molar-refractivity contribution in [2.75, 3.05) is 11.1 Å². The van der Waals surface area contributed by atoms with E-state index in [1.165, 1.54) is 6.07 Å². The maximum Gasteiger partial charge on any atom is 0.139 e. The third-order valence-corrected chi connectivity index (χ3v) is 3.39. The first-order valence-electron chi connectivity index (χ1n) is 5.77. The Morgan fingerprint density at radius 2 is 1.79 bits per heavy atom. The quantitative estimate of drug-likeness (QED) is 0.756. The van der Waals surface area contributed by atoms with E-state index >= 15 is 0 Å². The molecule has 4 N–H and O–H groups in total. The molecule has 3 nitrogen and oxygen atoms in total. The number of nitrogen functional groups attached to an aromatic ring is 1. The Morgan fingerprint density at radius 3 is 2.42 bits per heavy atom. The van der Waals surface area contributed by atoms with Crippen molar-refractivity contribution in [1.29, 1.82) is 0 Å². The summed E-state index contributed by atoms with van der Waals surface area (Å²) in [7, 11) is 0. The highest BCUT2D eigenvalue weighted by Crippen LogP contribution is 2.27. The molecule has 0 atom stereocenters. The van der Waals surface area contributed by atoms with E-state index < -0.39 is 0 Å². The van der Waals surface area contributed by atoms with Gasteiger partial charge in [-0.05, 0) is 33.1 Å². The van der Waals surface area contributed by atoms with Crippen molar-refractivity contribution in [2.45, 2.75) is 13.2 Å². The Hall–Kier alpha value is -1.59. The minimum absolute atomic E-state index is 0.0333. The second-order valence-electron chi connectivity index (χ2n) is 4.18. The van der Waals surface area contributed by atoms with E-state index in [-0.39, 0.29) is 12.4 Å². The number of aliphatic hydroxyl groups is 1. The van der Waals surface area contributed by atoms with Gasteiger partial charge >= 0.3 is 0 Å². The van der Waals surface area contributed by atoms with Crippen LogP contribution in [0.25, 0.3) is 0 Å². The topological polar surface area (TPSA) is 58.3 Å². The zero-order valence-electron chi connectivity index (χ0n) is 10.2. The van der Waals surface area contributed by atoms with Crippen molar-refractivity contribution in [3.8, 4) is 0 Å². The lowest BCUT2D eigenvalue weighted by Crippen LogP contribution is -2.03. The summed E-state index contributed by atoms with van der Waals surface area (Å²) in [5.74, 6) is -0.379. The normalized spacial score (nSPS) is 10.5. The van der Waals surface area contributed by atoms with Crippen LogP contribution in [-0.4, -0.2) is 5.11 Å². The van der Waals surface area contributed by atoms with Gasteiger partial charge in [0.25, 0.3) is 0 Å². The van der Waals surface area contributed by atoms with Crippen molar-refractivity contribution < 1.29 is 9.50 Å². The van der Waals surface area contributed by atoms with Gasteiger partial charge in [0, 0.05) is 12.6 Å². The number of nitrogens with two attached hydrogens (primary N) is 1. The van der Waals surface area contributed by atoms with Crippen LogP contribution in [0, 0.1) is 5.82 Å². The van der Waals surface area contributed by atoms with E-state index in [4.69, 9.17) is 10.8 Å². The molecule has 2 aromatic carbocycles. The van der Waals surface area contributed by atoms with Gasteiger partial charge in [-0.25, -0.2) is 4.39 Å². The monoisotopic (exact) mass is 324 g/mol. The predicted octanol–water partition coefficient (Wildman–Crippen LogP) is 3.27. The number of benzene rings is 2. The Balaban J connectivity index is 2.07. The molecule has 0 saturated carbocycles. The summed E-state index contributed by atoms with van der Waals surface area (Å²) >= 11 is 3.13. The largest absolute Gasteiger partial charge is 0.397 e.